The highest BCUT2D eigenvalue weighted by molar-refractivity contribution is 6.44. The predicted molar refractivity (Wildman–Crippen MR) is 33.9 cm³/mol. The fraction of sp³-hybridized carbons (Fsp3) is 0.200. The van der Waals surface area contributed by atoms with E-state index in [9.17, 15) is 0 Å². The third-order valence-corrected chi connectivity index (χ3v) is 1.84. The molecule has 0 spiro atoms. The highest BCUT2D eigenvalue weighted by Gasteiger charge is 1.91. The maximum Gasteiger partial charge on any atom is 0.233 e. The molecule has 44 valence electrons. The average Bonchev–Trinajstić information content (AvgIpc) is 2.19. The third kappa shape index (κ3) is 1.21. The van der Waals surface area contributed by atoms with E-state index >= 15 is 0 Å². The van der Waals surface area contributed by atoms with Gasteiger partial charge in [0.2, 0.25) is 9.76 Å². The minimum absolute atomic E-state index is 0.525. The molecular formula is C5H8O2Si. The first-order valence-electron chi connectivity index (χ1n) is 2.45. The summed E-state index contributed by atoms with van der Waals surface area (Å²) in [5.41, 5.74) is 0. The van der Waals surface area contributed by atoms with E-state index in [0.717, 1.165) is 5.38 Å². The average molecular weight is 128 g/mol. The van der Waals surface area contributed by atoms with Gasteiger partial charge in [0.05, 0.1) is 6.26 Å². The van der Waals surface area contributed by atoms with Crippen LogP contribution in [0, 0.1) is 0 Å². The summed E-state index contributed by atoms with van der Waals surface area (Å²) in [7, 11) is 1.18. The van der Waals surface area contributed by atoms with E-state index in [1.54, 1.807) is 13.4 Å². The molecule has 1 aromatic heterocycles. The molecular weight excluding hydrogens is 120 g/mol. The predicted octanol–water partition coefficient (Wildman–Crippen LogP) is -0.365. The summed E-state index contributed by atoms with van der Waals surface area (Å²) in [6, 6.07) is 3.82. The standard InChI is InChI=1S/C5H8O2Si/c1-6-8-5-3-2-4-7-5/h2-4H,8H2,1H3. The Morgan fingerprint density at radius 2 is 2.62 bits per heavy atom. The van der Waals surface area contributed by atoms with Gasteiger partial charge in [-0.05, 0) is 12.1 Å². The van der Waals surface area contributed by atoms with Crippen molar-refractivity contribution in [2.24, 2.45) is 0 Å². The van der Waals surface area contributed by atoms with Gasteiger partial charge in [0.15, 0.2) is 0 Å². The Bertz CT molecular complexity index is 136. The van der Waals surface area contributed by atoms with E-state index < -0.39 is 9.76 Å². The third-order valence-electron chi connectivity index (χ3n) is 0.867. The lowest BCUT2D eigenvalue weighted by atomic mass is 10.7. The normalized spacial score (nSPS) is 11.1. The number of hydrogen-bond acceptors (Lipinski definition) is 2. The molecule has 0 amide bonds. The smallest absolute Gasteiger partial charge is 0.233 e. The fourth-order valence-electron chi connectivity index (χ4n) is 0.537. The zero-order valence-corrected chi connectivity index (χ0v) is 6.17. The molecule has 0 saturated carbocycles. The van der Waals surface area contributed by atoms with Crippen molar-refractivity contribution < 1.29 is 8.84 Å². The summed E-state index contributed by atoms with van der Waals surface area (Å²) < 4.78 is 9.94. The van der Waals surface area contributed by atoms with Gasteiger partial charge in [-0.2, -0.15) is 0 Å². The molecule has 0 bridgehead atoms. The highest BCUT2D eigenvalue weighted by Crippen LogP contribution is 1.79. The second-order valence-electron chi connectivity index (χ2n) is 1.51. The van der Waals surface area contributed by atoms with E-state index in [-0.39, 0.29) is 0 Å². The van der Waals surface area contributed by atoms with E-state index in [0.29, 0.717) is 0 Å². The van der Waals surface area contributed by atoms with Crippen LogP contribution >= 0.6 is 0 Å². The van der Waals surface area contributed by atoms with Crippen LogP contribution in [0.15, 0.2) is 22.8 Å². The summed E-state index contributed by atoms with van der Waals surface area (Å²) in [6.07, 6.45) is 1.67. The van der Waals surface area contributed by atoms with Gasteiger partial charge in [0, 0.05) is 7.11 Å². The van der Waals surface area contributed by atoms with Gasteiger partial charge in [0.25, 0.3) is 0 Å². The van der Waals surface area contributed by atoms with Crippen LogP contribution in [-0.4, -0.2) is 16.9 Å². The zero-order chi connectivity index (χ0) is 5.82. The summed E-state index contributed by atoms with van der Waals surface area (Å²) in [5, 5.41) is 1.01. The van der Waals surface area contributed by atoms with E-state index in [2.05, 4.69) is 0 Å². The molecule has 0 radical (unpaired) electrons. The van der Waals surface area contributed by atoms with Crippen molar-refractivity contribution in [3.05, 3.63) is 18.4 Å². The zero-order valence-electron chi connectivity index (χ0n) is 4.76. The first kappa shape index (κ1) is 5.59. The van der Waals surface area contributed by atoms with Gasteiger partial charge in [0.1, 0.15) is 5.38 Å². The Balaban J connectivity index is 2.50. The van der Waals surface area contributed by atoms with Crippen molar-refractivity contribution in [1.82, 2.24) is 0 Å². The van der Waals surface area contributed by atoms with Crippen LogP contribution in [-0.2, 0) is 4.43 Å². The fourth-order valence-corrected chi connectivity index (χ4v) is 1.22. The summed E-state index contributed by atoms with van der Waals surface area (Å²) in [6.45, 7) is 0. The first-order valence-corrected chi connectivity index (χ1v) is 3.73. The molecule has 8 heavy (non-hydrogen) atoms. The summed E-state index contributed by atoms with van der Waals surface area (Å²) in [5.74, 6) is 0. The Labute approximate surface area is 50.4 Å². The Kier molecular flexibility index (Phi) is 1.88. The molecule has 0 aliphatic rings. The lowest BCUT2D eigenvalue weighted by Gasteiger charge is -1.87. The van der Waals surface area contributed by atoms with Gasteiger partial charge in [-0.25, -0.2) is 0 Å². The van der Waals surface area contributed by atoms with Crippen LogP contribution in [0.4, 0.5) is 0 Å². The largest absolute Gasteiger partial charge is 0.472 e. The molecule has 0 unspecified atom stereocenters. The van der Waals surface area contributed by atoms with Crippen molar-refractivity contribution in [2.45, 2.75) is 0 Å². The lowest BCUT2D eigenvalue weighted by Crippen LogP contribution is -2.12. The molecule has 0 saturated heterocycles. The van der Waals surface area contributed by atoms with Crippen LogP contribution in [0.1, 0.15) is 0 Å². The molecule has 3 heteroatoms. The molecule has 0 N–H and O–H groups in total. The molecule has 1 heterocycles. The van der Waals surface area contributed by atoms with E-state index in [1.807, 2.05) is 12.1 Å². The van der Waals surface area contributed by atoms with Crippen molar-refractivity contribution in [3.63, 3.8) is 0 Å². The topological polar surface area (TPSA) is 22.4 Å². The molecule has 2 nitrogen and oxygen atoms in total. The van der Waals surface area contributed by atoms with Crippen molar-refractivity contribution in [3.8, 4) is 0 Å². The lowest BCUT2D eigenvalue weighted by molar-refractivity contribution is 0.441. The number of hydrogen-bond donors (Lipinski definition) is 0. The Morgan fingerprint density at radius 3 is 3.12 bits per heavy atom. The van der Waals surface area contributed by atoms with Gasteiger partial charge in [-0.3, -0.25) is 0 Å². The molecule has 0 aliphatic heterocycles. The van der Waals surface area contributed by atoms with E-state index in [1.165, 1.54) is 0 Å². The molecule has 0 aromatic carbocycles. The Morgan fingerprint density at radius 1 is 1.75 bits per heavy atom. The van der Waals surface area contributed by atoms with Crippen molar-refractivity contribution >= 4 is 15.1 Å². The maximum atomic E-state index is 5.01. The van der Waals surface area contributed by atoms with Crippen molar-refractivity contribution in [2.75, 3.05) is 7.11 Å². The second kappa shape index (κ2) is 2.69. The highest BCUT2D eigenvalue weighted by atomic mass is 28.2. The monoisotopic (exact) mass is 128 g/mol. The summed E-state index contributed by atoms with van der Waals surface area (Å²) >= 11 is 0. The summed E-state index contributed by atoms with van der Waals surface area (Å²) in [4.78, 5) is 0. The Hall–Kier alpha value is -0.543. The number of furan rings is 1. The van der Waals surface area contributed by atoms with Gasteiger partial charge in [-0.15, -0.1) is 0 Å². The molecule has 0 atom stereocenters. The first-order chi connectivity index (χ1) is 3.93. The minimum Gasteiger partial charge on any atom is -0.472 e. The van der Waals surface area contributed by atoms with Gasteiger partial charge >= 0.3 is 0 Å². The van der Waals surface area contributed by atoms with Crippen LogP contribution in [0.3, 0.4) is 0 Å². The van der Waals surface area contributed by atoms with Gasteiger partial charge in [-0.1, -0.05) is 0 Å². The number of rotatable bonds is 2. The minimum atomic E-state index is -0.525. The molecule has 1 aromatic rings. The molecule has 0 aliphatic carbocycles. The second-order valence-corrected chi connectivity index (χ2v) is 3.08. The van der Waals surface area contributed by atoms with Crippen LogP contribution in [0.25, 0.3) is 0 Å². The van der Waals surface area contributed by atoms with Gasteiger partial charge < -0.3 is 8.84 Å². The molecule has 1 rings (SSSR count). The van der Waals surface area contributed by atoms with Crippen molar-refractivity contribution in [1.29, 1.82) is 0 Å². The maximum absolute atomic E-state index is 5.01. The molecule has 0 fully saturated rings. The van der Waals surface area contributed by atoms with Crippen LogP contribution < -0.4 is 5.38 Å². The van der Waals surface area contributed by atoms with Crippen LogP contribution in [0.2, 0.25) is 0 Å². The van der Waals surface area contributed by atoms with Crippen LogP contribution in [0.5, 0.6) is 0 Å². The SMILES string of the molecule is CO[SiH2]c1ccco1. The quantitative estimate of drug-likeness (QED) is 0.507. The van der Waals surface area contributed by atoms with E-state index in [4.69, 9.17) is 8.84 Å².